The zero-order chi connectivity index (χ0) is 23.4. The lowest BCUT2D eigenvalue weighted by molar-refractivity contribution is -0.164. The van der Waals surface area contributed by atoms with Crippen LogP contribution in [0.1, 0.15) is 60.1 Å². The lowest BCUT2D eigenvalue weighted by atomic mass is 9.60. The number of hydrogen-bond acceptors (Lipinski definition) is 5. The quantitative estimate of drug-likeness (QED) is 0.392. The molecule has 1 spiro atoms. The van der Waals surface area contributed by atoms with E-state index < -0.39 is 0 Å². The van der Waals surface area contributed by atoms with E-state index in [0.717, 1.165) is 60.5 Å². The molecule has 1 saturated heterocycles. The second kappa shape index (κ2) is 7.93. The molecule has 174 valence electrons. The van der Waals surface area contributed by atoms with Gasteiger partial charge in [-0.05, 0) is 79.6 Å². The Hall–Kier alpha value is -3.69. The van der Waals surface area contributed by atoms with E-state index in [1.807, 2.05) is 41.3 Å². The van der Waals surface area contributed by atoms with Crippen molar-refractivity contribution in [2.75, 3.05) is 13.2 Å². The van der Waals surface area contributed by atoms with Crippen molar-refractivity contribution >= 4 is 10.9 Å². The summed E-state index contributed by atoms with van der Waals surface area (Å²) < 4.78 is 13.9. The lowest BCUT2D eigenvalue weighted by Crippen LogP contribution is -2.51. The molecule has 3 heterocycles. The van der Waals surface area contributed by atoms with Crippen LogP contribution in [0.15, 0.2) is 60.9 Å². The zero-order valence-electron chi connectivity index (χ0n) is 19.5. The first-order valence-corrected chi connectivity index (χ1v) is 12.4. The second-order valence-corrected chi connectivity index (χ2v) is 10.3. The van der Waals surface area contributed by atoms with E-state index in [1.165, 1.54) is 24.0 Å². The number of nitriles is 1. The van der Waals surface area contributed by atoms with Crippen molar-refractivity contribution in [3.63, 3.8) is 0 Å². The van der Waals surface area contributed by atoms with Crippen LogP contribution >= 0.6 is 0 Å². The van der Waals surface area contributed by atoms with Crippen molar-refractivity contribution in [3.05, 3.63) is 83.3 Å². The Labute approximate surface area is 204 Å². The van der Waals surface area contributed by atoms with Gasteiger partial charge in [-0.15, -0.1) is 0 Å². The van der Waals surface area contributed by atoms with Crippen molar-refractivity contribution < 1.29 is 9.47 Å². The minimum Gasteiger partial charge on any atom is -0.486 e. The molecule has 6 heteroatoms. The van der Waals surface area contributed by atoms with Crippen LogP contribution in [-0.4, -0.2) is 28.0 Å². The van der Waals surface area contributed by atoms with Crippen molar-refractivity contribution in [1.29, 1.82) is 5.26 Å². The maximum atomic E-state index is 9.24. The minimum atomic E-state index is -0.00531. The van der Waals surface area contributed by atoms with Gasteiger partial charge in [-0.1, -0.05) is 6.07 Å². The summed E-state index contributed by atoms with van der Waals surface area (Å²) in [5.74, 6) is 1.34. The smallest absolute Gasteiger partial charge is 0.124 e. The van der Waals surface area contributed by atoms with Gasteiger partial charge >= 0.3 is 0 Å². The monoisotopic (exact) mass is 462 g/mol. The fourth-order valence-electron chi connectivity index (χ4n) is 6.02. The summed E-state index contributed by atoms with van der Waals surface area (Å²) in [6.07, 6.45) is 9.15. The first kappa shape index (κ1) is 20.7. The van der Waals surface area contributed by atoms with Crippen molar-refractivity contribution in [2.45, 2.75) is 44.1 Å². The Morgan fingerprint density at radius 1 is 1.09 bits per heavy atom. The van der Waals surface area contributed by atoms with Crippen molar-refractivity contribution in [3.8, 4) is 17.5 Å². The van der Waals surface area contributed by atoms with E-state index in [0.29, 0.717) is 16.9 Å². The predicted molar refractivity (Wildman–Crippen MR) is 132 cm³/mol. The van der Waals surface area contributed by atoms with Crippen LogP contribution in [0.25, 0.3) is 16.6 Å². The van der Waals surface area contributed by atoms with Crippen LogP contribution < -0.4 is 4.74 Å². The summed E-state index contributed by atoms with van der Waals surface area (Å²) in [5.41, 5.74) is 6.74. The van der Waals surface area contributed by atoms with Gasteiger partial charge in [0.05, 0.1) is 42.2 Å². The molecule has 0 bridgehead atoms. The van der Waals surface area contributed by atoms with E-state index in [4.69, 9.17) is 14.6 Å². The van der Waals surface area contributed by atoms with Crippen LogP contribution in [0.4, 0.5) is 0 Å². The standard InChI is InChI=1S/C29H26N4O2/c30-15-19-4-7-25-20(10-19)2-1-3-28(25)35-24-6-5-21-16-32-33(27(21)12-24)23-8-9-31-26(11-23)22-13-29(14-22)17-34-18-29/h4-12,16,22,28H,1-3,13-14,17-18H2. The maximum Gasteiger partial charge on any atom is 0.124 e. The third-order valence-electron chi connectivity index (χ3n) is 7.95. The normalized spacial score (nSPS) is 20.6. The number of benzene rings is 2. The average molecular weight is 463 g/mol. The maximum absolute atomic E-state index is 9.24. The van der Waals surface area contributed by atoms with Gasteiger partial charge in [-0.2, -0.15) is 10.4 Å². The number of hydrogen-bond donors (Lipinski definition) is 0. The van der Waals surface area contributed by atoms with Gasteiger partial charge in [0, 0.05) is 34.7 Å². The Kier molecular flexibility index (Phi) is 4.68. The van der Waals surface area contributed by atoms with E-state index in [9.17, 15) is 5.26 Å². The van der Waals surface area contributed by atoms with Crippen LogP contribution in [0, 0.1) is 16.7 Å². The van der Waals surface area contributed by atoms with Gasteiger partial charge in [0.2, 0.25) is 0 Å². The highest BCUT2D eigenvalue weighted by atomic mass is 16.5. The Morgan fingerprint density at radius 2 is 2.00 bits per heavy atom. The molecular weight excluding hydrogens is 436 g/mol. The average Bonchev–Trinajstić information content (AvgIpc) is 3.26. The summed E-state index contributed by atoms with van der Waals surface area (Å²) in [4.78, 5) is 4.68. The molecule has 2 aliphatic carbocycles. The first-order valence-electron chi connectivity index (χ1n) is 12.4. The predicted octanol–water partition coefficient (Wildman–Crippen LogP) is 5.64. The van der Waals surface area contributed by atoms with Crippen molar-refractivity contribution in [2.24, 2.45) is 5.41 Å². The van der Waals surface area contributed by atoms with Gasteiger partial charge in [0.15, 0.2) is 0 Å². The third kappa shape index (κ3) is 3.50. The molecule has 4 aromatic rings. The van der Waals surface area contributed by atoms with Gasteiger partial charge in [-0.3, -0.25) is 4.98 Å². The molecule has 1 saturated carbocycles. The van der Waals surface area contributed by atoms with Crippen LogP contribution in [0.5, 0.6) is 5.75 Å². The molecule has 1 unspecified atom stereocenters. The third-order valence-corrected chi connectivity index (χ3v) is 7.95. The Morgan fingerprint density at radius 3 is 2.83 bits per heavy atom. The van der Waals surface area contributed by atoms with Gasteiger partial charge < -0.3 is 9.47 Å². The molecule has 2 fully saturated rings. The molecule has 1 aliphatic heterocycles. The van der Waals surface area contributed by atoms with Crippen LogP contribution in [0.3, 0.4) is 0 Å². The number of aromatic nitrogens is 3. The molecule has 3 aliphatic rings. The second-order valence-electron chi connectivity index (χ2n) is 10.3. The largest absolute Gasteiger partial charge is 0.486 e. The topological polar surface area (TPSA) is 73.0 Å². The van der Waals surface area contributed by atoms with Crippen LogP contribution in [-0.2, 0) is 11.2 Å². The Bertz CT molecular complexity index is 1470. The highest BCUT2D eigenvalue weighted by Crippen LogP contribution is 2.54. The Balaban J connectivity index is 1.17. The SMILES string of the molecule is N#Cc1ccc2c(c1)CCCC2Oc1ccc2cnn(-c3ccnc(C4CC5(COC5)C4)c3)c2c1. The van der Waals surface area contributed by atoms with E-state index in [-0.39, 0.29) is 6.10 Å². The molecule has 7 rings (SSSR count). The lowest BCUT2D eigenvalue weighted by Gasteiger charge is -2.53. The molecule has 2 aromatic carbocycles. The van der Waals surface area contributed by atoms with Gasteiger partial charge in [0.1, 0.15) is 11.9 Å². The fourth-order valence-corrected chi connectivity index (χ4v) is 6.02. The summed E-state index contributed by atoms with van der Waals surface area (Å²) in [6.45, 7) is 1.81. The number of aryl methyl sites for hydroxylation is 1. The molecule has 2 aromatic heterocycles. The van der Waals surface area contributed by atoms with Crippen molar-refractivity contribution in [1.82, 2.24) is 14.8 Å². The molecule has 35 heavy (non-hydrogen) atoms. The zero-order valence-corrected chi connectivity index (χ0v) is 19.5. The number of nitrogens with zero attached hydrogens (tertiary/aromatic N) is 4. The minimum absolute atomic E-state index is 0.00531. The summed E-state index contributed by atoms with van der Waals surface area (Å²) >= 11 is 0. The highest BCUT2D eigenvalue weighted by molar-refractivity contribution is 5.81. The summed E-state index contributed by atoms with van der Waals surface area (Å²) in [7, 11) is 0. The van der Waals surface area contributed by atoms with Gasteiger partial charge in [0.25, 0.3) is 0 Å². The molecular formula is C29H26N4O2. The fraction of sp³-hybridized carbons (Fsp3) is 0.345. The first-order chi connectivity index (χ1) is 17.2. The number of ether oxygens (including phenoxy) is 2. The van der Waals surface area contributed by atoms with Gasteiger partial charge in [-0.25, -0.2) is 4.68 Å². The number of fused-ring (bicyclic) bond motifs is 2. The molecule has 1 atom stereocenters. The highest BCUT2D eigenvalue weighted by Gasteiger charge is 2.50. The van der Waals surface area contributed by atoms with E-state index in [2.05, 4.69) is 35.3 Å². The molecule has 6 nitrogen and oxygen atoms in total. The summed E-state index contributed by atoms with van der Waals surface area (Å²) in [6, 6.07) is 18.6. The number of rotatable bonds is 4. The number of pyridine rings is 1. The molecule has 0 N–H and O–H groups in total. The van der Waals surface area contributed by atoms with E-state index in [1.54, 1.807) is 0 Å². The molecule has 0 amide bonds. The van der Waals surface area contributed by atoms with Crippen LogP contribution in [0.2, 0.25) is 0 Å². The van der Waals surface area contributed by atoms with E-state index >= 15 is 0 Å². The summed E-state index contributed by atoms with van der Waals surface area (Å²) in [5, 5.41) is 15.0. The molecule has 0 radical (unpaired) electrons.